The van der Waals surface area contributed by atoms with E-state index in [1.807, 2.05) is 4.90 Å². The van der Waals surface area contributed by atoms with Gasteiger partial charge in [0, 0.05) is 32.2 Å². The van der Waals surface area contributed by atoms with E-state index in [-0.39, 0.29) is 48.7 Å². The summed E-state index contributed by atoms with van der Waals surface area (Å²) >= 11 is 0. The van der Waals surface area contributed by atoms with Gasteiger partial charge in [0.05, 0.1) is 6.54 Å². The quantitative estimate of drug-likeness (QED) is 0.372. The molecule has 1 aliphatic rings. The second kappa shape index (κ2) is 11.9. The monoisotopic (exact) mass is 482 g/mol. The number of para-hydroxylation sites is 1. The van der Waals surface area contributed by atoms with Crippen LogP contribution in [-0.4, -0.2) is 50.1 Å². The third-order valence-corrected chi connectivity index (χ3v) is 3.97. The minimum Gasteiger partial charge on any atom is -0.434 e. The zero-order valence-electron chi connectivity index (χ0n) is 14.7. The highest BCUT2D eigenvalue weighted by Gasteiger charge is 2.16. The molecule has 0 aliphatic carbocycles. The van der Waals surface area contributed by atoms with E-state index in [9.17, 15) is 13.6 Å². The summed E-state index contributed by atoms with van der Waals surface area (Å²) in [6, 6.07) is 6.55. The molecular weight excluding hydrogens is 457 g/mol. The zero-order valence-corrected chi connectivity index (χ0v) is 17.0. The van der Waals surface area contributed by atoms with Gasteiger partial charge in [0.2, 0.25) is 5.91 Å². The molecular formula is C17H25F2IN4O2. The van der Waals surface area contributed by atoms with Gasteiger partial charge in [0.1, 0.15) is 5.75 Å². The Balaban J connectivity index is 0.00000338. The van der Waals surface area contributed by atoms with E-state index < -0.39 is 6.61 Å². The largest absolute Gasteiger partial charge is 0.434 e. The van der Waals surface area contributed by atoms with Gasteiger partial charge < -0.3 is 20.3 Å². The Labute approximate surface area is 169 Å². The van der Waals surface area contributed by atoms with Crippen LogP contribution in [-0.2, 0) is 11.3 Å². The topological polar surface area (TPSA) is 66.0 Å². The van der Waals surface area contributed by atoms with Crippen molar-refractivity contribution in [1.29, 1.82) is 0 Å². The molecule has 9 heteroatoms. The predicted octanol–water partition coefficient (Wildman–Crippen LogP) is 2.58. The van der Waals surface area contributed by atoms with Gasteiger partial charge in [0.15, 0.2) is 5.96 Å². The van der Waals surface area contributed by atoms with Crippen molar-refractivity contribution < 1.29 is 18.3 Å². The molecule has 0 atom stereocenters. The van der Waals surface area contributed by atoms with Crippen LogP contribution in [0.5, 0.6) is 5.75 Å². The first-order valence-electron chi connectivity index (χ1n) is 8.35. The van der Waals surface area contributed by atoms with Gasteiger partial charge in [-0.05, 0) is 25.3 Å². The number of rotatable bonds is 6. The van der Waals surface area contributed by atoms with Crippen LogP contribution in [0.3, 0.4) is 0 Å². The molecule has 6 nitrogen and oxygen atoms in total. The summed E-state index contributed by atoms with van der Waals surface area (Å²) in [5.74, 6) is 0.575. The number of hydrogen-bond acceptors (Lipinski definition) is 3. The molecule has 1 aromatic carbocycles. The van der Waals surface area contributed by atoms with Gasteiger partial charge in [-0.25, -0.2) is 0 Å². The van der Waals surface area contributed by atoms with Crippen LogP contribution >= 0.6 is 24.0 Å². The molecule has 0 spiro atoms. The van der Waals surface area contributed by atoms with Gasteiger partial charge in [-0.1, -0.05) is 18.2 Å². The molecule has 26 heavy (non-hydrogen) atoms. The van der Waals surface area contributed by atoms with Crippen LogP contribution in [0.25, 0.3) is 0 Å². The average Bonchev–Trinajstić information content (AvgIpc) is 2.63. The first kappa shape index (κ1) is 22.4. The number of amides is 1. The Hall–Kier alpha value is -1.65. The van der Waals surface area contributed by atoms with Gasteiger partial charge in [-0.2, -0.15) is 8.78 Å². The number of alkyl halides is 2. The zero-order chi connectivity index (χ0) is 18.1. The highest BCUT2D eigenvalue weighted by Crippen LogP contribution is 2.19. The molecule has 1 fully saturated rings. The van der Waals surface area contributed by atoms with Crippen molar-refractivity contribution in [3.63, 3.8) is 0 Å². The lowest BCUT2D eigenvalue weighted by Crippen LogP contribution is -2.45. The number of carbonyl (C=O) groups is 1. The van der Waals surface area contributed by atoms with Crippen LogP contribution in [0.2, 0.25) is 0 Å². The third kappa shape index (κ3) is 7.30. The number of ether oxygens (including phenoxy) is 1. The Morgan fingerprint density at radius 1 is 1.23 bits per heavy atom. The van der Waals surface area contributed by atoms with E-state index >= 15 is 0 Å². The summed E-state index contributed by atoms with van der Waals surface area (Å²) < 4.78 is 29.4. The average molecular weight is 482 g/mol. The first-order chi connectivity index (χ1) is 12.1. The fourth-order valence-corrected chi connectivity index (χ4v) is 2.67. The highest BCUT2D eigenvalue weighted by atomic mass is 127. The molecule has 1 aromatic rings. The summed E-state index contributed by atoms with van der Waals surface area (Å²) in [7, 11) is 1.59. The molecule has 0 saturated carbocycles. The molecule has 0 radical (unpaired) electrons. The molecule has 2 rings (SSSR count). The van der Waals surface area contributed by atoms with E-state index in [4.69, 9.17) is 0 Å². The summed E-state index contributed by atoms with van der Waals surface area (Å²) in [4.78, 5) is 18.0. The maximum Gasteiger partial charge on any atom is 0.387 e. The molecule has 1 aliphatic heterocycles. The van der Waals surface area contributed by atoms with Crippen molar-refractivity contribution in [2.45, 2.75) is 32.4 Å². The highest BCUT2D eigenvalue weighted by molar-refractivity contribution is 14.0. The van der Waals surface area contributed by atoms with Crippen molar-refractivity contribution in [3.8, 4) is 5.75 Å². The van der Waals surface area contributed by atoms with Crippen LogP contribution in [0, 0.1) is 0 Å². The number of nitrogens with one attached hydrogen (secondary N) is 2. The molecule has 1 amide bonds. The Bertz CT molecular complexity index is 596. The smallest absolute Gasteiger partial charge is 0.387 e. The maximum absolute atomic E-state index is 12.4. The number of likely N-dealkylation sites (tertiary alicyclic amines) is 1. The van der Waals surface area contributed by atoms with Crippen LogP contribution in [0.1, 0.15) is 24.8 Å². The first-order valence-corrected chi connectivity index (χ1v) is 8.35. The van der Waals surface area contributed by atoms with E-state index in [1.54, 1.807) is 25.2 Å². The standard InChI is InChI=1S/C17H24F2N4O2.HI/c1-20-17(22-12-15(24)23-9-5-2-6-10-23)21-11-13-7-3-4-8-14(13)25-16(18)19;/h3-4,7-8,16H,2,5-6,9-12H2,1H3,(H2,20,21,22);1H. The maximum atomic E-state index is 12.4. The lowest BCUT2D eigenvalue weighted by atomic mass is 10.1. The lowest BCUT2D eigenvalue weighted by molar-refractivity contribution is -0.130. The number of hydrogen-bond donors (Lipinski definition) is 2. The summed E-state index contributed by atoms with van der Waals surface area (Å²) in [5, 5.41) is 5.96. The molecule has 0 unspecified atom stereocenters. The van der Waals surface area contributed by atoms with Crippen molar-refractivity contribution in [2.24, 2.45) is 4.99 Å². The lowest BCUT2D eigenvalue weighted by Gasteiger charge is -2.27. The second-order valence-corrected chi connectivity index (χ2v) is 5.71. The minimum atomic E-state index is -2.87. The Morgan fingerprint density at radius 2 is 1.92 bits per heavy atom. The fraction of sp³-hybridized carbons (Fsp3) is 0.529. The van der Waals surface area contributed by atoms with Crippen LogP contribution < -0.4 is 15.4 Å². The number of benzene rings is 1. The van der Waals surface area contributed by atoms with E-state index in [0.29, 0.717) is 11.5 Å². The van der Waals surface area contributed by atoms with Crippen molar-refractivity contribution in [2.75, 3.05) is 26.7 Å². The van der Waals surface area contributed by atoms with Crippen LogP contribution in [0.4, 0.5) is 8.78 Å². The normalized spacial score (nSPS) is 14.6. The Morgan fingerprint density at radius 3 is 2.58 bits per heavy atom. The summed E-state index contributed by atoms with van der Waals surface area (Å²) in [6.07, 6.45) is 3.25. The van der Waals surface area contributed by atoms with Crippen LogP contribution in [0.15, 0.2) is 29.3 Å². The predicted molar refractivity (Wildman–Crippen MR) is 107 cm³/mol. The molecule has 146 valence electrons. The van der Waals surface area contributed by atoms with Gasteiger partial charge >= 0.3 is 6.61 Å². The van der Waals surface area contributed by atoms with Gasteiger partial charge in [-0.3, -0.25) is 9.79 Å². The SMILES string of the molecule is CN=C(NCC(=O)N1CCCCC1)NCc1ccccc1OC(F)F.I. The Kier molecular flexibility index (Phi) is 10.2. The van der Waals surface area contributed by atoms with Gasteiger partial charge in [-0.15, -0.1) is 24.0 Å². The molecule has 1 heterocycles. The van der Waals surface area contributed by atoms with Crippen molar-refractivity contribution in [3.05, 3.63) is 29.8 Å². The minimum absolute atomic E-state index is 0. The third-order valence-electron chi connectivity index (χ3n) is 3.97. The van der Waals surface area contributed by atoms with E-state index in [1.165, 1.54) is 12.5 Å². The summed E-state index contributed by atoms with van der Waals surface area (Å²) in [5.41, 5.74) is 0.577. The summed E-state index contributed by atoms with van der Waals surface area (Å²) in [6.45, 7) is -0.883. The van der Waals surface area contributed by atoms with Crippen molar-refractivity contribution >= 4 is 35.8 Å². The number of carbonyl (C=O) groups excluding carboxylic acids is 1. The number of halogens is 3. The molecule has 2 N–H and O–H groups in total. The van der Waals surface area contributed by atoms with Crippen molar-refractivity contribution in [1.82, 2.24) is 15.5 Å². The number of nitrogens with zero attached hydrogens (tertiary/aromatic N) is 2. The second-order valence-electron chi connectivity index (χ2n) is 5.71. The van der Waals surface area contributed by atoms with E-state index in [2.05, 4.69) is 20.4 Å². The van der Waals surface area contributed by atoms with E-state index in [0.717, 1.165) is 25.9 Å². The molecule has 0 aromatic heterocycles. The number of guanidine groups is 1. The van der Waals surface area contributed by atoms with Gasteiger partial charge in [0.25, 0.3) is 0 Å². The molecule has 0 bridgehead atoms. The fourth-order valence-electron chi connectivity index (χ4n) is 2.67. The number of aliphatic imine (C=N–C) groups is 1. The number of piperidine rings is 1. The molecule has 1 saturated heterocycles.